The molecule has 4 heteroatoms. The summed E-state index contributed by atoms with van der Waals surface area (Å²) in [5.74, 6) is -0.307. The van der Waals surface area contributed by atoms with Gasteiger partial charge < -0.3 is 14.2 Å². The molecule has 2 heterocycles. The van der Waals surface area contributed by atoms with Crippen LogP contribution in [0.3, 0.4) is 0 Å². The molecule has 1 aliphatic heterocycles. The summed E-state index contributed by atoms with van der Waals surface area (Å²) < 4.78 is 7.89. The largest absolute Gasteiger partial charge is 0.461 e. The maximum Gasteiger partial charge on any atom is 0.355 e. The summed E-state index contributed by atoms with van der Waals surface area (Å²) in [6.07, 6.45) is 3.59. The number of para-hydroxylation sites is 1. The highest BCUT2D eigenvalue weighted by atomic mass is 16.5. The standard InChI is InChI=1S/C31H34N2O2/c1-2-35-31(34)30-29(28(24-14-5-3-6-15-24)25-16-7-4-8-17-25)26-18-9-10-19-27(26)33(30)23-13-22-32-20-11-12-21-32/h3-10,14-19,28H,2,11-13,20-23H2,1H3. The van der Waals surface area contributed by atoms with E-state index in [4.69, 9.17) is 4.74 Å². The summed E-state index contributed by atoms with van der Waals surface area (Å²) >= 11 is 0. The lowest BCUT2D eigenvalue weighted by Gasteiger charge is -2.21. The average molecular weight is 467 g/mol. The molecule has 0 radical (unpaired) electrons. The van der Waals surface area contributed by atoms with Crippen molar-refractivity contribution in [3.63, 3.8) is 0 Å². The molecule has 4 nitrogen and oxygen atoms in total. The molecular formula is C31H34N2O2. The number of carbonyl (C=O) groups excluding carboxylic acids is 1. The Morgan fingerprint density at radius 2 is 1.43 bits per heavy atom. The van der Waals surface area contributed by atoms with Crippen LogP contribution < -0.4 is 0 Å². The summed E-state index contributed by atoms with van der Waals surface area (Å²) in [5, 5.41) is 1.12. The van der Waals surface area contributed by atoms with Gasteiger partial charge in [-0.2, -0.15) is 0 Å². The zero-order valence-corrected chi connectivity index (χ0v) is 20.5. The van der Waals surface area contributed by atoms with Gasteiger partial charge in [0.1, 0.15) is 5.69 Å². The van der Waals surface area contributed by atoms with Crippen molar-refractivity contribution in [3.05, 3.63) is 107 Å². The van der Waals surface area contributed by atoms with E-state index in [1.54, 1.807) is 0 Å². The van der Waals surface area contributed by atoms with Crippen LogP contribution in [0.25, 0.3) is 10.9 Å². The summed E-state index contributed by atoms with van der Waals surface area (Å²) in [5.41, 5.74) is 5.17. The summed E-state index contributed by atoms with van der Waals surface area (Å²) in [4.78, 5) is 16.1. The molecule has 1 aliphatic rings. The van der Waals surface area contributed by atoms with E-state index in [1.807, 2.05) is 19.1 Å². The van der Waals surface area contributed by atoms with Crippen LogP contribution in [0.4, 0.5) is 0 Å². The Morgan fingerprint density at radius 1 is 0.829 bits per heavy atom. The second-order valence-corrected chi connectivity index (χ2v) is 9.31. The quantitative estimate of drug-likeness (QED) is 0.265. The highest BCUT2D eigenvalue weighted by Crippen LogP contribution is 2.40. The summed E-state index contributed by atoms with van der Waals surface area (Å²) in [6, 6.07) is 29.5. The number of hydrogen-bond donors (Lipinski definition) is 0. The minimum absolute atomic E-state index is 0.0680. The van der Waals surface area contributed by atoms with Crippen molar-refractivity contribution >= 4 is 16.9 Å². The maximum atomic E-state index is 13.6. The fourth-order valence-corrected chi connectivity index (χ4v) is 5.55. The number of aryl methyl sites for hydroxylation is 1. The highest BCUT2D eigenvalue weighted by molar-refractivity contribution is 6.00. The van der Waals surface area contributed by atoms with Crippen LogP contribution in [0, 0.1) is 0 Å². The molecule has 0 spiro atoms. The second kappa shape index (κ2) is 10.9. The monoisotopic (exact) mass is 466 g/mol. The van der Waals surface area contributed by atoms with Crippen molar-refractivity contribution in [1.82, 2.24) is 9.47 Å². The Bertz CT molecular complexity index is 1220. The third-order valence-corrected chi connectivity index (χ3v) is 7.09. The molecule has 4 aromatic rings. The Morgan fingerprint density at radius 3 is 2.06 bits per heavy atom. The van der Waals surface area contributed by atoms with Gasteiger partial charge >= 0.3 is 5.97 Å². The van der Waals surface area contributed by atoms with Gasteiger partial charge in [0.05, 0.1) is 6.61 Å². The zero-order chi connectivity index (χ0) is 24.0. The molecule has 0 N–H and O–H groups in total. The van der Waals surface area contributed by atoms with Crippen molar-refractivity contribution in [2.45, 2.75) is 38.6 Å². The molecule has 1 fully saturated rings. The lowest BCUT2D eigenvalue weighted by Crippen LogP contribution is -2.22. The number of ether oxygens (including phenoxy) is 1. The third-order valence-electron chi connectivity index (χ3n) is 7.09. The average Bonchev–Trinajstić information content (AvgIpc) is 3.53. The van der Waals surface area contributed by atoms with Crippen molar-refractivity contribution in [2.75, 3.05) is 26.2 Å². The molecule has 1 saturated heterocycles. The molecule has 1 aromatic heterocycles. The fourth-order valence-electron chi connectivity index (χ4n) is 5.55. The van der Waals surface area contributed by atoms with E-state index in [2.05, 4.69) is 82.3 Å². The number of rotatable bonds is 9. The lowest BCUT2D eigenvalue weighted by atomic mass is 9.83. The highest BCUT2D eigenvalue weighted by Gasteiger charge is 2.30. The molecule has 180 valence electrons. The van der Waals surface area contributed by atoms with Crippen molar-refractivity contribution in [1.29, 1.82) is 0 Å². The van der Waals surface area contributed by atoms with Gasteiger partial charge in [0, 0.05) is 28.9 Å². The number of fused-ring (bicyclic) bond motifs is 1. The van der Waals surface area contributed by atoms with Gasteiger partial charge in [-0.3, -0.25) is 0 Å². The van der Waals surface area contributed by atoms with E-state index in [9.17, 15) is 4.79 Å². The van der Waals surface area contributed by atoms with E-state index in [-0.39, 0.29) is 11.9 Å². The summed E-state index contributed by atoms with van der Waals surface area (Å²) in [7, 11) is 0. The number of aromatic nitrogens is 1. The number of benzene rings is 3. The Balaban J connectivity index is 1.68. The van der Waals surface area contributed by atoms with Gasteiger partial charge in [-0.25, -0.2) is 4.79 Å². The number of likely N-dealkylation sites (tertiary alicyclic amines) is 1. The maximum absolute atomic E-state index is 13.6. The van der Waals surface area contributed by atoms with E-state index in [1.165, 1.54) is 37.1 Å². The van der Waals surface area contributed by atoms with E-state index in [0.717, 1.165) is 36.0 Å². The van der Waals surface area contributed by atoms with Crippen LogP contribution in [0.15, 0.2) is 84.9 Å². The van der Waals surface area contributed by atoms with Crippen LogP contribution in [0.2, 0.25) is 0 Å². The van der Waals surface area contributed by atoms with Crippen LogP contribution in [0.5, 0.6) is 0 Å². The first kappa shape index (κ1) is 23.4. The predicted octanol–water partition coefficient (Wildman–Crippen LogP) is 6.48. The van der Waals surface area contributed by atoms with E-state index < -0.39 is 0 Å². The fraction of sp³-hybridized carbons (Fsp3) is 0.323. The Hall–Kier alpha value is -3.37. The van der Waals surface area contributed by atoms with Gasteiger partial charge in [0.25, 0.3) is 0 Å². The molecule has 0 unspecified atom stereocenters. The third kappa shape index (κ3) is 4.89. The van der Waals surface area contributed by atoms with E-state index >= 15 is 0 Å². The first-order valence-corrected chi connectivity index (χ1v) is 12.9. The van der Waals surface area contributed by atoms with Gasteiger partial charge in [0.2, 0.25) is 0 Å². The normalized spacial score (nSPS) is 14.1. The molecular weight excluding hydrogens is 432 g/mol. The zero-order valence-electron chi connectivity index (χ0n) is 20.5. The molecule has 0 saturated carbocycles. The first-order valence-electron chi connectivity index (χ1n) is 12.9. The first-order chi connectivity index (χ1) is 17.3. The van der Waals surface area contributed by atoms with Gasteiger partial charge in [-0.15, -0.1) is 0 Å². The minimum Gasteiger partial charge on any atom is -0.461 e. The number of nitrogens with zero attached hydrogens (tertiary/aromatic N) is 2. The molecule has 0 amide bonds. The smallest absolute Gasteiger partial charge is 0.355 e. The van der Waals surface area contributed by atoms with Crippen LogP contribution in [-0.4, -0.2) is 41.7 Å². The van der Waals surface area contributed by atoms with Crippen LogP contribution >= 0.6 is 0 Å². The summed E-state index contributed by atoms with van der Waals surface area (Å²) in [6.45, 7) is 6.46. The van der Waals surface area contributed by atoms with Crippen LogP contribution in [0.1, 0.15) is 59.3 Å². The molecule has 5 rings (SSSR count). The van der Waals surface area contributed by atoms with Crippen molar-refractivity contribution in [3.8, 4) is 0 Å². The molecule has 0 aliphatic carbocycles. The van der Waals surface area contributed by atoms with Crippen molar-refractivity contribution in [2.24, 2.45) is 0 Å². The molecule has 35 heavy (non-hydrogen) atoms. The molecule has 0 atom stereocenters. The lowest BCUT2D eigenvalue weighted by molar-refractivity contribution is 0.0512. The number of carbonyl (C=O) groups is 1. The minimum atomic E-state index is -0.239. The topological polar surface area (TPSA) is 34.5 Å². The molecule has 0 bridgehead atoms. The van der Waals surface area contributed by atoms with Gasteiger partial charge in [-0.1, -0.05) is 78.9 Å². The van der Waals surface area contributed by atoms with Crippen molar-refractivity contribution < 1.29 is 9.53 Å². The Labute approximate surface area is 208 Å². The SMILES string of the molecule is CCOC(=O)c1c(C(c2ccccc2)c2ccccc2)c2ccccc2n1CCCN1CCCC1. The predicted molar refractivity (Wildman–Crippen MR) is 142 cm³/mol. The number of hydrogen-bond acceptors (Lipinski definition) is 3. The number of esters is 1. The van der Waals surface area contributed by atoms with Gasteiger partial charge in [0.15, 0.2) is 0 Å². The van der Waals surface area contributed by atoms with E-state index in [0.29, 0.717) is 12.3 Å². The van der Waals surface area contributed by atoms with Crippen LogP contribution in [-0.2, 0) is 11.3 Å². The van der Waals surface area contributed by atoms with Gasteiger partial charge in [-0.05, 0) is 63.0 Å². The second-order valence-electron chi connectivity index (χ2n) is 9.31. The molecule has 3 aromatic carbocycles. The Kier molecular flexibility index (Phi) is 7.29.